The predicted molar refractivity (Wildman–Crippen MR) is 57.3 cm³/mol. The Labute approximate surface area is 91.4 Å². The van der Waals surface area contributed by atoms with E-state index in [0.717, 1.165) is 10.2 Å². The van der Waals surface area contributed by atoms with Gasteiger partial charge in [0.15, 0.2) is 0 Å². The Morgan fingerprint density at radius 3 is 3.00 bits per heavy atom. The van der Waals surface area contributed by atoms with E-state index in [1.54, 1.807) is 7.11 Å². The van der Waals surface area contributed by atoms with Gasteiger partial charge in [0.05, 0.1) is 13.7 Å². The molecule has 0 atom stereocenters. The molecule has 0 amide bonds. The fourth-order valence-electron chi connectivity index (χ4n) is 1.06. The summed E-state index contributed by atoms with van der Waals surface area (Å²) in [6.07, 6.45) is 0. The predicted octanol–water partition coefficient (Wildman–Crippen LogP) is 0.935. The number of aromatic nitrogens is 1. The van der Waals surface area contributed by atoms with Crippen LogP contribution in [0.25, 0.3) is 0 Å². The van der Waals surface area contributed by atoms with Crippen molar-refractivity contribution >= 4 is 15.9 Å². The minimum absolute atomic E-state index is 0.131. The number of methoxy groups -OCH3 is 1. The van der Waals surface area contributed by atoms with E-state index in [0.29, 0.717) is 19.0 Å². The van der Waals surface area contributed by atoms with Crippen LogP contribution in [0.3, 0.4) is 0 Å². The van der Waals surface area contributed by atoms with Gasteiger partial charge in [-0.2, -0.15) is 0 Å². The lowest BCUT2D eigenvalue weighted by Gasteiger charge is -2.07. The number of halogens is 1. The first kappa shape index (κ1) is 11.4. The van der Waals surface area contributed by atoms with Gasteiger partial charge in [0, 0.05) is 18.7 Å². The monoisotopic (exact) mass is 260 g/mol. The van der Waals surface area contributed by atoms with Gasteiger partial charge in [-0.3, -0.25) is 0 Å². The number of ether oxygens (including phenoxy) is 1. The van der Waals surface area contributed by atoms with Gasteiger partial charge in [0.2, 0.25) is 5.88 Å². The number of nitrogens with zero attached hydrogens (tertiary/aromatic N) is 1. The van der Waals surface area contributed by atoms with Gasteiger partial charge < -0.3 is 15.2 Å². The summed E-state index contributed by atoms with van der Waals surface area (Å²) in [5.41, 5.74) is 0.976. The molecule has 1 heterocycles. The molecule has 14 heavy (non-hydrogen) atoms. The van der Waals surface area contributed by atoms with E-state index >= 15 is 0 Å². The van der Waals surface area contributed by atoms with Gasteiger partial charge in [0.25, 0.3) is 0 Å². The van der Waals surface area contributed by atoms with Crippen LogP contribution in [0.4, 0.5) is 0 Å². The molecule has 0 aromatic carbocycles. The van der Waals surface area contributed by atoms with Crippen molar-refractivity contribution in [2.45, 2.75) is 6.54 Å². The van der Waals surface area contributed by atoms with Gasteiger partial charge in [-0.1, -0.05) is 0 Å². The summed E-state index contributed by atoms with van der Waals surface area (Å²) in [5.74, 6) is 0.602. The lowest BCUT2D eigenvalue weighted by Crippen LogP contribution is -2.18. The smallest absolute Gasteiger partial charge is 0.218 e. The normalized spacial score (nSPS) is 10.2. The van der Waals surface area contributed by atoms with Crippen LogP contribution in [0, 0.1) is 0 Å². The standard InChI is InChI=1S/C9H13BrN2O2/c1-14-9-7(6-11-4-5-13)2-3-8(10)12-9/h2-3,11,13H,4-6H2,1H3. The van der Waals surface area contributed by atoms with Crippen LogP contribution in [-0.2, 0) is 6.54 Å². The highest BCUT2D eigenvalue weighted by atomic mass is 79.9. The first-order valence-corrected chi connectivity index (χ1v) is 5.08. The van der Waals surface area contributed by atoms with E-state index in [2.05, 4.69) is 26.2 Å². The third kappa shape index (κ3) is 3.25. The van der Waals surface area contributed by atoms with Crippen molar-refractivity contribution in [3.63, 3.8) is 0 Å². The molecule has 0 aliphatic rings. The largest absolute Gasteiger partial charge is 0.481 e. The molecule has 0 unspecified atom stereocenters. The van der Waals surface area contributed by atoms with Crippen molar-refractivity contribution in [3.8, 4) is 5.88 Å². The van der Waals surface area contributed by atoms with Crippen LogP contribution in [0.2, 0.25) is 0 Å². The Morgan fingerprint density at radius 2 is 2.36 bits per heavy atom. The van der Waals surface area contributed by atoms with E-state index in [4.69, 9.17) is 9.84 Å². The summed E-state index contributed by atoms with van der Waals surface area (Å²) in [6, 6.07) is 3.79. The maximum atomic E-state index is 8.60. The summed E-state index contributed by atoms with van der Waals surface area (Å²) in [7, 11) is 1.59. The molecule has 5 heteroatoms. The summed E-state index contributed by atoms with van der Waals surface area (Å²) in [6.45, 7) is 1.34. The number of nitrogens with one attached hydrogen (secondary N) is 1. The van der Waals surface area contributed by atoms with Crippen LogP contribution < -0.4 is 10.1 Å². The molecule has 2 N–H and O–H groups in total. The summed E-state index contributed by atoms with van der Waals surface area (Å²) >= 11 is 3.27. The molecule has 0 bridgehead atoms. The molecule has 0 aliphatic heterocycles. The van der Waals surface area contributed by atoms with E-state index in [1.165, 1.54) is 0 Å². The second kappa shape index (κ2) is 5.95. The van der Waals surface area contributed by atoms with Gasteiger partial charge in [-0.25, -0.2) is 4.98 Å². The fourth-order valence-corrected chi connectivity index (χ4v) is 1.35. The molecular formula is C9H13BrN2O2. The van der Waals surface area contributed by atoms with E-state index in [-0.39, 0.29) is 6.61 Å². The zero-order valence-corrected chi connectivity index (χ0v) is 9.54. The van der Waals surface area contributed by atoms with Gasteiger partial charge in [-0.15, -0.1) is 0 Å². The highest BCUT2D eigenvalue weighted by Crippen LogP contribution is 2.18. The fraction of sp³-hybridized carbons (Fsp3) is 0.444. The molecule has 78 valence electrons. The summed E-state index contributed by atoms with van der Waals surface area (Å²) in [5, 5.41) is 11.7. The molecular weight excluding hydrogens is 248 g/mol. The number of hydrogen-bond donors (Lipinski definition) is 2. The van der Waals surface area contributed by atoms with Crippen LogP contribution in [-0.4, -0.2) is 30.4 Å². The molecule has 0 spiro atoms. The van der Waals surface area contributed by atoms with E-state index in [1.807, 2.05) is 12.1 Å². The first-order chi connectivity index (χ1) is 6.77. The van der Waals surface area contributed by atoms with E-state index in [9.17, 15) is 0 Å². The number of hydrogen-bond acceptors (Lipinski definition) is 4. The molecule has 0 fully saturated rings. The molecule has 1 aromatic rings. The quantitative estimate of drug-likeness (QED) is 0.611. The molecule has 0 radical (unpaired) electrons. The lowest BCUT2D eigenvalue weighted by atomic mass is 10.2. The van der Waals surface area contributed by atoms with Crippen LogP contribution >= 0.6 is 15.9 Å². The van der Waals surface area contributed by atoms with Crippen molar-refractivity contribution in [2.24, 2.45) is 0 Å². The van der Waals surface area contributed by atoms with Gasteiger partial charge in [0.1, 0.15) is 4.60 Å². The average molecular weight is 261 g/mol. The molecule has 0 saturated heterocycles. The lowest BCUT2D eigenvalue weighted by molar-refractivity contribution is 0.291. The van der Waals surface area contributed by atoms with Crippen molar-refractivity contribution in [2.75, 3.05) is 20.3 Å². The zero-order chi connectivity index (χ0) is 10.4. The number of aliphatic hydroxyl groups excluding tert-OH is 1. The van der Waals surface area contributed by atoms with Crippen LogP contribution in [0.1, 0.15) is 5.56 Å². The Balaban J connectivity index is 2.65. The third-order valence-corrected chi connectivity index (χ3v) is 2.14. The Kier molecular flexibility index (Phi) is 4.86. The molecule has 1 aromatic heterocycles. The molecule has 4 nitrogen and oxygen atoms in total. The summed E-state index contributed by atoms with van der Waals surface area (Å²) in [4.78, 5) is 4.16. The molecule has 1 rings (SSSR count). The average Bonchev–Trinajstić information content (AvgIpc) is 2.20. The van der Waals surface area contributed by atoms with Crippen LogP contribution in [0.5, 0.6) is 5.88 Å². The second-order valence-corrected chi connectivity index (χ2v) is 3.52. The van der Waals surface area contributed by atoms with Crippen molar-refractivity contribution in [3.05, 3.63) is 22.3 Å². The Bertz CT molecular complexity index is 294. The van der Waals surface area contributed by atoms with Gasteiger partial charge in [-0.05, 0) is 28.1 Å². The maximum absolute atomic E-state index is 8.60. The SMILES string of the molecule is COc1nc(Br)ccc1CNCCO. The van der Waals surface area contributed by atoms with Crippen LogP contribution in [0.15, 0.2) is 16.7 Å². The molecule has 0 aliphatic carbocycles. The topological polar surface area (TPSA) is 54.4 Å². The van der Waals surface area contributed by atoms with Gasteiger partial charge >= 0.3 is 0 Å². The minimum Gasteiger partial charge on any atom is -0.481 e. The van der Waals surface area contributed by atoms with Crippen molar-refractivity contribution in [1.82, 2.24) is 10.3 Å². The second-order valence-electron chi connectivity index (χ2n) is 2.70. The number of aliphatic hydroxyl groups is 1. The maximum Gasteiger partial charge on any atom is 0.218 e. The Hall–Kier alpha value is -0.650. The highest BCUT2D eigenvalue weighted by Gasteiger charge is 2.04. The van der Waals surface area contributed by atoms with Crippen molar-refractivity contribution in [1.29, 1.82) is 0 Å². The Morgan fingerprint density at radius 1 is 1.57 bits per heavy atom. The number of pyridine rings is 1. The third-order valence-electron chi connectivity index (χ3n) is 1.70. The summed E-state index contributed by atoms with van der Waals surface area (Å²) < 4.78 is 5.86. The van der Waals surface area contributed by atoms with E-state index < -0.39 is 0 Å². The van der Waals surface area contributed by atoms with Crippen molar-refractivity contribution < 1.29 is 9.84 Å². The minimum atomic E-state index is 0.131. The molecule has 0 saturated carbocycles. The number of rotatable bonds is 5. The highest BCUT2D eigenvalue weighted by molar-refractivity contribution is 9.10. The first-order valence-electron chi connectivity index (χ1n) is 4.29. The zero-order valence-electron chi connectivity index (χ0n) is 7.96.